The Hall–Kier alpha value is -1.64. The van der Waals surface area contributed by atoms with Crippen molar-refractivity contribution in [3.05, 3.63) is 41.7 Å². The van der Waals surface area contributed by atoms with E-state index in [1.54, 1.807) is 0 Å². The Kier molecular flexibility index (Phi) is 4.03. The van der Waals surface area contributed by atoms with Crippen LogP contribution in [0, 0.1) is 0 Å². The van der Waals surface area contributed by atoms with Crippen LogP contribution in [-0.2, 0) is 17.6 Å². The van der Waals surface area contributed by atoms with E-state index in [1.165, 1.54) is 5.56 Å². The normalized spacial score (nSPS) is 9.93. The van der Waals surface area contributed by atoms with Gasteiger partial charge in [-0.1, -0.05) is 19.6 Å². The molecule has 0 radical (unpaired) electrons. The molecule has 0 spiro atoms. The maximum atomic E-state index is 10.5. The van der Waals surface area contributed by atoms with Crippen molar-refractivity contribution in [2.45, 2.75) is 26.2 Å². The van der Waals surface area contributed by atoms with Crippen molar-refractivity contribution in [2.75, 3.05) is 0 Å². The summed E-state index contributed by atoms with van der Waals surface area (Å²) >= 11 is 0. The van der Waals surface area contributed by atoms with Crippen LogP contribution in [0.1, 0.15) is 24.6 Å². The minimum absolute atomic E-state index is 0.233. The summed E-state index contributed by atoms with van der Waals surface area (Å²) in [6, 6.07) is 3.96. The van der Waals surface area contributed by atoms with Gasteiger partial charge in [0.15, 0.2) is 0 Å². The Morgan fingerprint density at radius 1 is 1.53 bits per heavy atom. The summed E-state index contributed by atoms with van der Waals surface area (Å²) < 4.78 is 0. The molecule has 3 heteroatoms. The molecule has 1 aromatic rings. The molecule has 0 amide bonds. The molecule has 0 bridgehead atoms. The number of aryl methyl sites for hydroxylation is 2. The van der Waals surface area contributed by atoms with Crippen molar-refractivity contribution in [1.29, 1.82) is 0 Å². The molecule has 0 saturated heterocycles. The molecule has 0 unspecified atom stereocenters. The monoisotopic (exact) mass is 205 g/mol. The lowest BCUT2D eigenvalue weighted by atomic mass is 10.1. The van der Waals surface area contributed by atoms with Gasteiger partial charge in [0.25, 0.3) is 0 Å². The second-order valence-corrected chi connectivity index (χ2v) is 3.42. The SMILES string of the molecule is C=C(CCc1ccc(CC)cn1)C(=O)O. The third-order valence-corrected chi connectivity index (χ3v) is 2.28. The standard InChI is InChI=1S/C12H15NO2/c1-3-10-5-7-11(13-8-10)6-4-9(2)12(14)15/h5,7-8H,2-4,6H2,1H3,(H,14,15). The molecular formula is C12H15NO2. The number of hydrogen-bond donors (Lipinski definition) is 1. The summed E-state index contributed by atoms with van der Waals surface area (Å²) in [5, 5.41) is 8.62. The maximum absolute atomic E-state index is 10.5. The molecule has 15 heavy (non-hydrogen) atoms. The highest BCUT2D eigenvalue weighted by molar-refractivity contribution is 5.85. The molecule has 3 nitrogen and oxygen atoms in total. The summed E-state index contributed by atoms with van der Waals surface area (Å²) in [7, 11) is 0. The number of pyridine rings is 1. The van der Waals surface area contributed by atoms with Gasteiger partial charge in [-0.3, -0.25) is 4.98 Å². The lowest BCUT2D eigenvalue weighted by molar-refractivity contribution is -0.132. The molecule has 0 fully saturated rings. The highest BCUT2D eigenvalue weighted by Gasteiger charge is 2.04. The molecule has 0 aliphatic rings. The van der Waals surface area contributed by atoms with Gasteiger partial charge in [0.05, 0.1) is 0 Å². The smallest absolute Gasteiger partial charge is 0.330 e. The highest BCUT2D eigenvalue weighted by atomic mass is 16.4. The first kappa shape index (κ1) is 11.4. The van der Waals surface area contributed by atoms with Crippen LogP contribution in [0.15, 0.2) is 30.5 Å². The van der Waals surface area contributed by atoms with Gasteiger partial charge in [-0.15, -0.1) is 0 Å². The van der Waals surface area contributed by atoms with Crippen molar-refractivity contribution in [3.8, 4) is 0 Å². The Morgan fingerprint density at radius 2 is 2.27 bits per heavy atom. The predicted molar refractivity (Wildman–Crippen MR) is 58.7 cm³/mol. The molecule has 80 valence electrons. The quantitative estimate of drug-likeness (QED) is 0.750. The molecule has 0 saturated carbocycles. The van der Waals surface area contributed by atoms with Gasteiger partial charge < -0.3 is 5.11 Å². The molecule has 1 heterocycles. The van der Waals surface area contributed by atoms with E-state index >= 15 is 0 Å². The fourth-order valence-electron chi connectivity index (χ4n) is 1.20. The lowest BCUT2D eigenvalue weighted by Gasteiger charge is -2.01. The first-order valence-electron chi connectivity index (χ1n) is 4.98. The minimum atomic E-state index is -0.930. The van der Waals surface area contributed by atoms with E-state index in [1.807, 2.05) is 18.3 Å². The van der Waals surface area contributed by atoms with E-state index in [9.17, 15) is 4.79 Å². The predicted octanol–water partition coefficient (Wildman–Crippen LogP) is 2.22. The van der Waals surface area contributed by atoms with Crippen molar-refractivity contribution < 1.29 is 9.90 Å². The largest absolute Gasteiger partial charge is 0.478 e. The van der Waals surface area contributed by atoms with Crippen LogP contribution in [0.25, 0.3) is 0 Å². The fourth-order valence-corrected chi connectivity index (χ4v) is 1.20. The first-order valence-corrected chi connectivity index (χ1v) is 4.98. The Bertz CT molecular complexity index is 354. The molecule has 1 N–H and O–H groups in total. The van der Waals surface area contributed by atoms with E-state index < -0.39 is 5.97 Å². The lowest BCUT2D eigenvalue weighted by Crippen LogP contribution is -2.01. The van der Waals surface area contributed by atoms with Gasteiger partial charge in [-0.25, -0.2) is 4.79 Å². The highest BCUT2D eigenvalue weighted by Crippen LogP contribution is 2.07. The van der Waals surface area contributed by atoms with E-state index in [0.29, 0.717) is 12.8 Å². The van der Waals surface area contributed by atoms with Crippen LogP contribution in [0.5, 0.6) is 0 Å². The van der Waals surface area contributed by atoms with Gasteiger partial charge in [0, 0.05) is 17.5 Å². The van der Waals surface area contributed by atoms with E-state index in [-0.39, 0.29) is 5.57 Å². The van der Waals surface area contributed by atoms with Gasteiger partial charge in [0.1, 0.15) is 0 Å². The Labute approximate surface area is 89.5 Å². The number of nitrogens with zero attached hydrogens (tertiary/aromatic N) is 1. The van der Waals surface area contributed by atoms with Crippen LogP contribution < -0.4 is 0 Å². The molecule has 1 rings (SSSR count). The van der Waals surface area contributed by atoms with Crippen molar-refractivity contribution in [2.24, 2.45) is 0 Å². The second-order valence-electron chi connectivity index (χ2n) is 3.42. The van der Waals surface area contributed by atoms with Crippen LogP contribution >= 0.6 is 0 Å². The first-order chi connectivity index (χ1) is 7.13. The number of aromatic nitrogens is 1. The summed E-state index contributed by atoms with van der Waals surface area (Å²) in [6.45, 7) is 5.55. The summed E-state index contributed by atoms with van der Waals surface area (Å²) in [4.78, 5) is 14.7. The summed E-state index contributed by atoms with van der Waals surface area (Å²) in [5.74, 6) is -0.930. The fraction of sp³-hybridized carbons (Fsp3) is 0.333. The van der Waals surface area contributed by atoms with Crippen molar-refractivity contribution >= 4 is 5.97 Å². The van der Waals surface area contributed by atoms with Crippen LogP contribution in [-0.4, -0.2) is 16.1 Å². The number of aliphatic carboxylic acids is 1. The van der Waals surface area contributed by atoms with Gasteiger partial charge in [0.2, 0.25) is 0 Å². The summed E-state index contributed by atoms with van der Waals surface area (Å²) in [5.41, 5.74) is 2.33. The number of carbonyl (C=O) groups is 1. The number of carboxylic acids is 1. The van der Waals surface area contributed by atoms with Crippen molar-refractivity contribution in [1.82, 2.24) is 4.98 Å². The zero-order valence-electron chi connectivity index (χ0n) is 8.86. The molecular weight excluding hydrogens is 190 g/mol. The third-order valence-electron chi connectivity index (χ3n) is 2.28. The van der Waals surface area contributed by atoms with Crippen LogP contribution in [0.3, 0.4) is 0 Å². The number of rotatable bonds is 5. The third kappa shape index (κ3) is 3.54. The summed E-state index contributed by atoms with van der Waals surface area (Å²) in [6.07, 6.45) is 3.89. The van der Waals surface area contributed by atoms with E-state index in [2.05, 4.69) is 18.5 Å². The molecule has 0 aliphatic carbocycles. The average molecular weight is 205 g/mol. The molecule has 0 atom stereocenters. The number of hydrogen-bond acceptors (Lipinski definition) is 2. The van der Waals surface area contributed by atoms with Gasteiger partial charge >= 0.3 is 5.97 Å². The second kappa shape index (κ2) is 5.29. The average Bonchev–Trinajstić information content (AvgIpc) is 2.26. The van der Waals surface area contributed by atoms with Crippen LogP contribution in [0.4, 0.5) is 0 Å². The Balaban J connectivity index is 2.51. The number of carboxylic acid groups (broad SMARTS) is 1. The topological polar surface area (TPSA) is 50.2 Å². The Morgan fingerprint density at radius 3 is 2.73 bits per heavy atom. The zero-order valence-corrected chi connectivity index (χ0v) is 8.86. The van der Waals surface area contributed by atoms with E-state index in [0.717, 1.165) is 12.1 Å². The van der Waals surface area contributed by atoms with Gasteiger partial charge in [-0.2, -0.15) is 0 Å². The molecule has 1 aromatic heterocycles. The van der Waals surface area contributed by atoms with Gasteiger partial charge in [-0.05, 0) is 30.9 Å². The van der Waals surface area contributed by atoms with E-state index in [4.69, 9.17) is 5.11 Å². The zero-order chi connectivity index (χ0) is 11.3. The van der Waals surface area contributed by atoms with Crippen molar-refractivity contribution in [3.63, 3.8) is 0 Å². The molecule has 0 aliphatic heterocycles. The molecule has 0 aromatic carbocycles. The minimum Gasteiger partial charge on any atom is -0.478 e. The van der Waals surface area contributed by atoms with Crippen LogP contribution in [0.2, 0.25) is 0 Å². The maximum Gasteiger partial charge on any atom is 0.330 e.